The fourth-order valence-electron chi connectivity index (χ4n) is 1.14. The van der Waals surface area contributed by atoms with Gasteiger partial charge in [-0.05, 0) is 34.2 Å². The van der Waals surface area contributed by atoms with Crippen molar-refractivity contribution >= 4 is 33.6 Å². The lowest BCUT2D eigenvalue weighted by Gasteiger charge is -2.09. The van der Waals surface area contributed by atoms with E-state index in [0.717, 1.165) is 9.50 Å². The molecule has 1 heterocycles. The maximum Gasteiger partial charge on any atom is 0.254 e. The predicted octanol–water partition coefficient (Wildman–Crippen LogP) is 2.95. The summed E-state index contributed by atoms with van der Waals surface area (Å²) >= 11 is 4.80. The first-order valence-corrected chi connectivity index (χ1v) is 7.04. The van der Waals surface area contributed by atoms with Gasteiger partial charge in [-0.3, -0.25) is 4.79 Å². The van der Waals surface area contributed by atoms with Crippen LogP contribution in [0, 0.1) is 5.92 Å². The molecule has 1 amide bonds. The number of aromatic nitrogens is 1. The standard InChI is InChI=1S/C11H15BrN2OS/c1-7(2)5-13-10(15)9-4-8(12)6-14-11(9)16-3/h4,6-7H,5H2,1-3H3,(H,13,15). The van der Waals surface area contributed by atoms with E-state index in [1.165, 1.54) is 11.8 Å². The number of nitrogens with one attached hydrogen (secondary N) is 1. The average Bonchev–Trinajstić information content (AvgIpc) is 2.25. The number of hydrogen-bond acceptors (Lipinski definition) is 3. The minimum absolute atomic E-state index is 0.0631. The Labute approximate surface area is 109 Å². The van der Waals surface area contributed by atoms with Crippen LogP contribution in [0.5, 0.6) is 0 Å². The Balaban J connectivity index is 2.84. The minimum Gasteiger partial charge on any atom is -0.352 e. The third-order valence-corrected chi connectivity index (χ3v) is 3.07. The average molecular weight is 303 g/mol. The second-order valence-corrected chi connectivity index (χ2v) is 5.52. The number of amides is 1. The van der Waals surface area contributed by atoms with Crippen molar-refractivity contribution in [2.45, 2.75) is 18.9 Å². The van der Waals surface area contributed by atoms with Gasteiger partial charge >= 0.3 is 0 Å². The van der Waals surface area contributed by atoms with Crippen molar-refractivity contribution in [3.8, 4) is 0 Å². The van der Waals surface area contributed by atoms with E-state index in [0.29, 0.717) is 18.0 Å². The van der Waals surface area contributed by atoms with Gasteiger partial charge in [-0.15, -0.1) is 11.8 Å². The molecule has 0 spiro atoms. The van der Waals surface area contributed by atoms with Gasteiger partial charge in [-0.25, -0.2) is 4.98 Å². The summed E-state index contributed by atoms with van der Waals surface area (Å²) in [7, 11) is 0. The number of rotatable bonds is 4. The predicted molar refractivity (Wildman–Crippen MR) is 70.9 cm³/mol. The summed E-state index contributed by atoms with van der Waals surface area (Å²) in [6, 6.07) is 1.80. The second-order valence-electron chi connectivity index (χ2n) is 3.81. The molecule has 3 nitrogen and oxygen atoms in total. The van der Waals surface area contributed by atoms with E-state index in [4.69, 9.17) is 0 Å². The molecule has 88 valence electrons. The zero-order valence-corrected chi connectivity index (χ0v) is 12.0. The molecule has 0 aliphatic heterocycles. The number of halogens is 1. The lowest BCUT2D eigenvalue weighted by atomic mass is 10.2. The number of nitrogens with zero attached hydrogens (tertiary/aromatic N) is 1. The first-order valence-electron chi connectivity index (χ1n) is 5.02. The topological polar surface area (TPSA) is 42.0 Å². The van der Waals surface area contributed by atoms with Crippen LogP contribution in [0.25, 0.3) is 0 Å². The van der Waals surface area contributed by atoms with E-state index >= 15 is 0 Å². The zero-order valence-electron chi connectivity index (χ0n) is 9.58. The summed E-state index contributed by atoms with van der Waals surface area (Å²) in [6.07, 6.45) is 3.61. The summed E-state index contributed by atoms with van der Waals surface area (Å²) in [6.45, 7) is 4.81. The highest BCUT2D eigenvalue weighted by atomic mass is 79.9. The van der Waals surface area contributed by atoms with Crippen LogP contribution in [0.3, 0.4) is 0 Å². The Morgan fingerprint density at radius 3 is 2.88 bits per heavy atom. The van der Waals surface area contributed by atoms with Crippen LogP contribution in [0.2, 0.25) is 0 Å². The van der Waals surface area contributed by atoms with Crippen molar-refractivity contribution in [2.24, 2.45) is 5.92 Å². The van der Waals surface area contributed by atoms with Crippen LogP contribution in [0.4, 0.5) is 0 Å². The fraction of sp³-hybridized carbons (Fsp3) is 0.455. The molecule has 1 N–H and O–H groups in total. The molecule has 0 aromatic carbocycles. The maximum atomic E-state index is 11.9. The van der Waals surface area contributed by atoms with Crippen molar-refractivity contribution in [1.82, 2.24) is 10.3 Å². The number of pyridine rings is 1. The van der Waals surface area contributed by atoms with Gasteiger partial charge in [-0.2, -0.15) is 0 Å². The number of carbonyl (C=O) groups excluding carboxylic acids is 1. The van der Waals surface area contributed by atoms with Crippen molar-refractivity contribution in [1.29, 1.82) is 0 Å². The van der Waals surface area contributed by atoms with Crippen LogP contribution in [0.1, 0.15) is 24.2 Å². The monoisotopic (exact) mass is 302 g/mol. The number of carbonyl (C=O) groups is 1. The van der Waals surface area contributed by atoms with Gasteiger partial charge in [-0.1, -0.05) is 13.8 Å². The molecule has 0 atom stereocenters. The zero-order chi connectivity index (χ0) is 12.1. The molecule has 5 heteroatoms. The van der Waals surface area contributed by atoms with Gasteiger partial charge in [0.1, 0.15) is 5.03 Å². The highest BCUT2D eigenvalue weighted by Gasteiger charge is 2.12. The molecule has 0 aliphatic rings. The molecule has 0 fully saturated rings. The molecule has 1 rings (SSSR count). The van der Waals surface area contributed by atoms with E-state index in [1.807, 2.05) is 6.26 Å². The van der Waals surface area contributed by atoms with Crippen LogP contribution in [-0.2, 0) is 0 Å². The van der Waals surface area contributed by atoms with E-state index in [-0.39, 0.29) is 5.91 Å². The van der Waals surface area contributed by atoms with Gasteiger partial charge in [0.25, 0.3) is 5.91 Å². The van der Waals surface area contributed by atoms with E-state index < -0.39 is 0 Å². The molecule has 0 saturated carbocycles. The molecule has 0 aliphatic carbocycles. The Morgan fingerprint density at radius 2 is 2.31 bits per heavy atom. The molecule has 0 saturated heterocycles. The SMILES string of the molecule is CSc1ncc(Br)cc1C(=O)NCC(C)C. The normalized spacial score (nSPS) is 10.6. The van der Waals surface area contributed by atoms with Gasteiger partial charge in [0.2, 0.25) is 0 Å². The molecule has 0 unspecified atom stereocenters. The first kappa shape index (κ1) is 13.5. The largest absolute Gasteiger partial charge is 0.352 e. The third kappa shape index (κ3) is 3.79. The van der Waals surface area contributed by atoms with Gasteiger partial charge in [0, 0.05) is 17.2 Å². The smallest absolute Gasteiger partial charge is 0.254 e. The lowest BCUT2D eigenvalue weighted by Crippen LogP contribution is -2.27. The molecular weight excluding hydrogens is 288 g/mol. The van der Waals surface area contributed by atoms with Crippen LogP contribution in [-0.4, -0.2) is 23.7 Å². The number of hydrogen-bond donors (Lipinski definition) is 1. The molecule has 0 bridgehead atoms. The summed E-state index contributed by atoms with van der Waals surface area (Å²) in [5.74, 6) is 0.383. The second kappa shape index (κ2) is 6.25. The van der Waals surface area contributed by atoms with E-state index in [9.17, 15) is 4.79 Å². The van der Waals surface area contributed by atoms with E-state index in [2.05, 4.69) is 40.1 Å². The number of thioether (sulfide) groups is 1. The summed E-state index contributed by atoms with van der Waals surface area (Å²) in [5.41, 5.74) is 0.627. The summed E-state index contributed by atoms with van der Waals surface area (Å²) in [5, 5.41) is 3.64. The van der Waals surface area contributed by atoms with Crippen molar-refractivity contribution in [3.05, 3.63) is 22.3 Å². The van der Waals surface area contributed by atoms with Crippen LogP contribution < -0.4 is 5.32 Å². The summed E-state index contributed by atoms with van der Waals surface area (Å²) in [4.78, 5) is 16.1. The molecule has 16 heavy (non-hydrogen) atoms. The minimum atomic E-state index is -0.0631. The quantitative estimate of drug-likeness (QED) is 0.870. The molecular formula is C11H15BrN2OS. The fourth-order valence-corrected chi connectivity index (χ4v) is 2.01. The van der Waals surface area contributed by atoms with Gasteiger partial charge < -0.3 is 5.32 Å². The Bertz CT molecular complexity index is 382. The van der Waals surface area contributed by atoms with E-state index in [1.54, 1.807) is 12.3 Å². The van der Waals surface area contributed by atoms with Crippen molar-refractivity contribution in [3.63, 3.8) is 0 Å². The lowest BCUT2D eigenvalue weighted by molar-refractivity contribution is 0.0945. The molecule has 1 aromatic heterocycles. The van der Waals surface area contributed by atoms with Crippen molar-refractivity contribution < 1.29 is 4.79 Å². The highest BCUT2D eigenvalue weighted by Crippen LogP contribution is 2.21. The third-order valence-electron chi connectivity index (χ3n) is 1.93. The van der Waals surface area contributed by atoms with Gasteiger partial charge in [0.05, 0.1) is 5.56 Å². The van der Waals surface area contributed by atoms with Crippen LogP contribution >= 0.6 is 27.7 Å². The maximum absolute atomic E-state index is 11.9. The summed E-state index contributed by atoms with van der Waals surface area (Å²) < 4.78 is 0.819. The Hall–Kier alpha value is -0.550. The van der Waals surface area contributed by atoms with Crippen molar-refractivity contribution in [2.75, 3.05) is 12.8 Å². The molecule has 1 aromatic rings. The van der Waals surface area contributed by atoms with Gasteiger partial charge in [0.15, 0.2) is 0 Å². The Morgan fingerprint density at radius 1 is 1.62 bits per heavy atom. The first-order chi connectivity index (χ1) is 7.54. The van der Waals surface area contributed by atoms with Crippen LogP contribution in [0.15, 0.2) is 21.8 Å². The molecule has 0 radical (unpaired) electrons. The highest BCUT2D eigenvalue weighted by molar-refractivity contribution is 9.10. The Kier molecular flexibility index (Phi) is 5.28.